The number of benzene rings is 2. The zero-order chi connectivity index (χ0) is 31.9. The van der Waals surface area contributed by atoms with Gasteiger partial charge in [0.1, 0.15) is 17.4 Å². The number of aromatic nitrogens is 1. The molecule has 1 saturated heterocycles. The van der Waals surface area contributed by atoms with Gasteiger partial charge in [-0.25, -0.2) is 4.79 Å². The normalized spacial score (nSPS) is 16.0. The molecule has 0 unspecified atom stereocenters. The van der Waals surface area contributed by atoms with E-state index in [0.717, 1.165) is 44.7 Å². The van der Waals surface area contributed by atoms with Crippen molar-refractivity contribution >= 4 is 34.9 Å². The number of rotatable bonds is 14. The highest BCUT2D eigenvalue weighted by atomic mass is 35.5. The van der Waals surface area contributed by atoms with Gasteiger partial charge in [0, 0.05) is 63.8 Å². The highest BCUT2D eigenvalue weighted by Crippen LogP contribution is 2.38. The molecule has 13 heteroatoms. The lowest BCUT2D eigenvalue weighted by Crippen LogP contribution is -2.40. The molecule has 1 saturated carbocycles. The second-order valence-electron chi connectivity index (χ2n) is 11.1. The van der Waals surface area contributed by atoms with Crippen LogP contribution in [0.1, 0.15) is 40.4 Å². The molecule has 0 bridgehead atoms. The van der Waals surface area contributed by atoms with E-state index in [1.165, 1.54) is 42.7 Å². The Kier molecular flexibility index (Phi) is 11.2. The molecule has 45 heavy (non-hydrogen) atoms. The van der Waals surface area contributed by atoms with E-state index in [9.17, 15) is 18.7 Å². The molecule has 2 aliphatic rings. The summed E-state index contributed by atoms with van der Waals surface area (Å²) in [6, 6.07) is 9.12. The van der Waals surface area contributed by atoms with Crippen LogP contribution in [0.3, 0.4) is 0 Å². The number of aromatic hydroxyl groups is 1. The first-order valence-corrected chi connectivity index (χ1v) is 15.5. The standard InChI is InChI=1S/C32H35Cl2F2N3O6/c1-38(8-9-39-10-12-42-13-11-39)22-5-6-23(27(40)15-22)31(41)44-29(16-24-25(33)17-37-18-26(24)34)21-4-7-28(45-32(35)36)30(14-21)43-19-20-2-3-20/h4-7,14-15,17-18,20,29,32,40H,2-3,8-13,16,19H2,1H3/t29-/m0/s1. The number of carbonyl (C=O) groups is 1. The summed E-state index contributed by atoms with van der Waals surface area (Å²) in [5, 5.41) is 11.4. The van der Waals surface area contributed by atoms with Crippen molar-refractivity contribution in [3.05, 3.63) is 75.5 Å². The Labute approximate surface area is 270 Å². The second-order valence-corrected chi connectivity index (χ2v) is 11.9. The number of alkyl halides is 2. The molecular weight excluding hydrogens is 631 g/mol. The lowest BCUT2D eigenvalue weighted by Gasteiger charge is -2.29. The highest BCUT2D eigenvalue weighted by Gasteiger charge is 2.27. The van der Waals surface area contributed by atoms with Gasteiger partial charge in [0.25, 0.3) is 0 Å². The third-order valence-electron chi connectivity index (χ3n) is 7.82. The van der Waals surface area contributed by atoms with Crippen molar-refractivity contribution in [2.24, 2.45) is 5.92 Å². The predicted molar refractivity (Wildman–Crippen MR) is 166 cm³/mol. The topological polar surface area (TPSA) is 93.6 Å². The Morgan fingerprint density at radius 3 is 2.51 bits per heavy atom. The Morgan fingerprint density at radius 2 is 1.84 bits per heavy atom. The van der Waals surface area contributed by atoms with Gasteiger partial charge in [-0.05, 0) is 54.2 Å². The Hall–Kier alpha value is -3.38. The number of phenolic OH excluding ortho intramolecular Hbond substituents is 1. The monoisotopic (exact) mass is 665 g/mol. The van der Waals surface area contributed by atoms with Crippen LogP contribution >= 0.6 is 23.2 Å². The molecule has 2 heterocycles. The summed E-state index contributed by atoms with van der Waals surface area (Å²) in [5.74, 6) is -0.732. The quantitative estimate of drug-likeness (QED) is 0.197. The minimum absolute atomic E-state index is 0.0339. The zero-order valence-electron chi connectivity index (χ0n) is 24.8. The maximum Gasteiger partial charge on any atom is 0.387 e. The van der Waals surface area contributed by atoms with Gasteiger partial charge < -0.3 is 29.0 Å². The van der Waals surface area contributed by atoms with E-state index in [2.05, 4.69) is 14.6 Å². The number of likely N-dealkylation sites (N-methyl/N-ethyl adjacent to an activating group) is 1. The van der Waals surface area contributed by atoms with Gasteiger partial charge in [-0.15, -0.1) is 0 Å². The summed E-state index contributed by atoms with van der Waals surface area (Å²) in [6.07, 6.45) is 3.88. The van der Waals surface area contributed by atoms with Gasteiger partial charge in [-0.2, -0.15) is 8.78 Å². The first-order valence-electron chi connectivity index (χ1n) is 14.7. The minimum Gasteiger partial charge on any atom is -0.507 e. The summed E-state index contributed by atoms with van der Waals surface area (Å²) in [4.78, 5) is 21.8. The van der Waals surface area contributed by atoms with Crippen molar-refractivity contribution in [3.8, 4) is 17.2 Å². The van der Waals surface area contributed by atoms with Crippen molar-refractivity contribution in [1.82, 2.24) is 9.88 Å². The first kappa shape index (κ1) is 33.0. The van der Waals surface area contributed by atoms with E-state index < -0.39 is 18.7 Å². The van der Waals surface area contributed by atoms with Crippen molar-refractivity contribution in [3.63, 3.8) is 0 Å². The maximum absolute atomic E-state index is 13.5. The number of morpholine rings is 1. The molecule has 3 aromatic rings. The van der Waals surface area contributed by atoms with E-state index in [-0.39, 0.29) is 39.3 Å². The summed E-state index contributed by atoms with van der Waals surface area (Å²) >= 11 is 12.8. The zero-order valence-corrected chi connectivity index (χ0v) is 26.3. The molecule has 0 amide bonds. The van der Waals surface area contributed by atoms with Crippen molar-refractivity contribution in [1.29, 1.82) is 0 Å². The smallest absolute Gasteiger partial charge is 0.387 e. The Morgan fingerprint density at radius 1 is 1.11 bits per heavy atom. The lowest BCUT2D eigenvalue weighted by atomic mass is 10.0. The number of esters is 1. The van der Waals surface area contributed by atoms with Gasteiger partial charge >= 0.3 is 12.6 Å². The van der Waals surface area contributed by atoms with E-state index in [4.69, 9.17) is 37.4 Å². The van der Waals surface area contributed by atoms with Gasteiger partial charge in [-0.1, -0.05) is 29.3 Å². The predicted octanol–water partition coefficient (Wildman–Crippen LogP) is 6.39. The van der Waals surface area contributed by atoms with Crippen LogP contribution in [0.5, 0.6) is 17.2 Å². The molecule has 1 aliphatic heterocycles. The second kappa shape index (κ2) is 15.3. The lowest BCUT2D eigenvalue weighted by molar-refractivity contribution is -0.0515. The fraction of sp³-hybridized carbons (Fsp3) is 0.438. The van der Waals surface area contributed by atoms with Crippen LogP contribution in [0.15, 0.2) is 48.8 Å². The molecule has 242 valence electrons. The van der Waals surface area contributed by atoms with Crippen LogP contribution in [0.25, 0.3) is 0 Å². The number of hydrogen-bond donors (Lipinski definition) is 1. The van der Waals surface area contributed by atoms with Gasteiger partial charge in [0.05, 0.1) is 29.9 Å². The highest BCUT2D eigenvalue weighted by molar-refractivity contribution is 6.35. The van der Waals surface area contributed by atoms with Gasteiger partial charge in [0.2, 0.25) is 0 Å². The van der Waals surface area contributed by atoms with Crippen molar-refractivity contribution in [2.45, 2.75) is 32.0 Å². The molecule has 9 nitrogen and oxygen atoms in total. The number of phenols is 1. The number of hydrogen-bond acceptors (Lipinski definition) is 9. The number of nitrogens with zero attached hydrogens (tertiary/aromatic N) is 3. The summed E-state index contributed by atoms with van der Waals surface area (Å²) in [5.41, 5.74) is 1.59. The molecule has 1 atom stereocenters. The van der Waals surface area contributed by atoms with E-state index in [1.54, 1.807) is 6.07 Å². The summed E-state index contributed by atoms with van der Waals surface area (Å²) in [7, 11) is 1.91. The first-order chi connectivity index (χ1) is 21.7. The molecule has 1 aliphatic carbocycles. The van der Waals surface area contributed by atoms with E-state index >= 15 is 0 Å². The number of pyridine rings is 1. The molecule has 0 radical (unpaired) electrons. The largest absolute Gasteiger partial charge is 0.507 e. The van der Waals surface area contributed by atoms with Gasteiger partial charge in [0.15, 0.2) is 11.5 Å². The SMILES string of the molecule is CN(CCN1CCOCC1)c1ccc(C(=O)O[C@@H](Cc2c(Cl)cncc2Cl)c2ccc(OC(F)F)c(OCC3CC3)c2)c(O)c1. The Bertz CT molecular complexity index is 1450. The average molecular weight is 667 g/mol. The van der Waals surface area contributed by atoms with Crippen LogP contribution < -0.4 is 14.4 Å². The van der Waals surface area contributed by atoms with E-state index in [1.807, 2.05) is 11.9 Å². The van der Waals surface area contributed by atoms with E-state index in [0.29, 0.717) is 36.9 Å². The van der Waals surface area contributed by atoms with Crippen LogP contribution in [0.2, 0.25) is 10.0 Å². The van der Waals surface area contributed by atoms with Gasteiger partial charge in [-0.3, -0.25) is 9.88 Å². The van der Waals surface area contributed by atoms with Crippen LogP contribution in [-0.2, 0) is 15.9 Å². The number of carbonyl (C=O) groups excluding carboxylic acids is 1. The van der Waals surface area contributed by atoms with Crippen molar-refractivity contribution < 1.29 is 37.6 Å². The molecule has 5 rings (SSSR count). The molecular formula is C32H35Cl2F2N3O6. The number of ether oxygens (including phenoxy) is 4. The van der Waals surface area contributed by atoms with Crippen LogP contribution in [-0.4, -0.2) is 80.6 Å². The van der Waals surface area contributed by atoms with Crippen LogP contribution in [0.4, 0.5) is 14.5 Å². The molecule has 0 spiro atoms. The summed E-state index contributed by atoms with van der Waals surface area (Å²) in [6.45, 7) is 2.01. The molecule has 1 N–H and O–H groups in total. The fourth-order valence-electron chi connectivity index (χ4n) is 4.94. The maximum atomic E-state index is 13.5. The Balaban J connectivity index is 1.37. The minimum atomic E-state index is -3.05. The fourth-order valence-corrected chi connectivity index (χ4v) is 5.46. The average Bonchev–Trinajstić information content (AvgIpc) is 3.85. The van der Waals surface area contributed by atoms with Crippen LogP contribution in [0, 0.1) is 5.92 Å². The summed E-state index contributed by atoms with van der Waals surface area (Å²) < 4.78 is 48.1. The third-order valence-corrected chi connectivity index (χ3v) is 8.47. The molecule has 2 aromatic carbocycles. The molecule has 1 aromatic heterocycles. The number of anilines is 1. The number of halogens is 4. The third kappa shape index (κ3) is 9.09. The molecule has 2 fully saturated rings. The van der Waals surface area contributed by atoms with Crippen molar-refractivity contribution in [2.75, 3.05) is 57.9 Å².